The fraction of sp³-hybridized carbons (Fsp3) is 0.200. The molecule has 150 valence electrons. The van der Waals surface area contributed by atoms with E-state index in [2.05, 4.69) is 10.6 Å². The number of carbonyl (C=O) groups is 1. The number of hydrogen-bond donors (Lipinski definition) is 2. The number of Topliss-reactive ketones (excluding diaryl/α,β-unsaturated/α-hetero) is 1. The standard InChI is InChI=1S/C20H19N3O5S/c1-3-28-15-10-13(9-14(19(15)25)23(26)27)18-16(11(2)24)17(21-20(29)22-18)12-7-5-4-6-8-12/h4-10,18,25H,3H2,1-2H3,(H2,21,22,29)/p-1/t18-/m1/s1. The number of rotatable bonds is 6. The summed E-state index contributed by atoms with van der Waals surface area (Å²) in [6, 6.07) is 10.9. The molecule has 2 aromatic rings. The first-order valence-corrected chi connectivity index (χ1v) is 9.24. The Kier molecular flexibility index (Phi) is 5.79. The van der Waals surface area contributed by atoms with Gasteiger partial charge in [-0.1, -0.05) is 30.3 Å². The largest absolute Gasteiger partial charge is 0.865 e. The van der Waals surface area contributed by atoms with E-state index >= 15 is 0 Å². The van der Waals surface area contributed by atoms with Gasteiger partial charge >= 0.3 is 0 Å². The van der Waals surface area contributed by atoms with Crippen molar-refractivity contribution < 1.29 is 19.6 Å². The monoisotopic (exact) mass is 412 g/mol. The zero-order valence-electron chi connectivity index (χ0n) is 15.7. The molecular weight excluding hydrogens is 394 g/mol. The maximum Gasteiger partial charge on any atom is 0.265 e. The minimum Gasteiger partial charge on any atom is -0.865 e. The highest BCUT2D eigenvalue weighted by atomic mass is 32.1. The van der Waals surface area contributed by atoms with E-state index in [1.165, 1.54) is 13.0 Å². The molecule has 2 aromatic carbocycles. The lowest BCUT2D eigenvalue weighted by Crippen LogP contribution is -2.44. The third kappa shape index (κ3) is 4.04. The van der Waals surface area contributed by atoms with Crippen LogP contribution in [0, 0.1) is 10.1 Å². The second-order valence-corrected chi connectivity index (χ2v) is 6.71. The first-order valence-electron chi connectivity index (χ1n) is 8.83. The van der Waals surface area contributed by atoms with Gasteiger partial charge in [-0.05, 0) is 43.3 Å². The fourth-order valence-corrected chi connectivity index (χ4v) is 3.42. The van der Waals surface area contributed by atoms with Crippen molar-refractivity contribution in [3.05, 3.63) is 69.3 Å². The van der Waals surface area contributed by atoms with Gasteiger partial charge in [0.05, 0.1) is 23.3 Å². The zero-order valence-corrected chi connectivity index (χ0v) is 16.5. The Labute approximate surface area is 172 Å². The number of ketones is 1. The third-order valence-electron chi connectivity index (χ3n) is 4.40. The van der Waals surface area contributed by atoms with Gasteiger partial charge in [0.2, 0.25) is 0 Å². The number of carbonyl (C=O) groups excluding carboxylic acids is 1. The first-order chi connectivity index (χ1) is 13.8. The normalized spacial score (nSPS) is 16.1. The smallest absolute Gasteiger partial charge is 0.265 e. The Bertz CT molecular complexity index is 1020. The highest BCUT2D eigenvalue weighted by Crippen LogP contribution is 2.40. The highest BCUT2D eigenvalue weighted by molar-refractivity contribution is 7.80. The Morgan fingerprint density at radius 1 is 1.28 bits per heavy atom. The number of nitrogens with zero attached hydrogens (tertiary/aromatic N) is 1. The van der Waals surface area contributed by atoms with Gasteiger partial charge in [-0.25, -0.2) is 0 Å². The minimum atomic E-state index is -0.811. The summed E-state index contributed by atoms with van der Waals surface area (Å²) < 4.78 is 5.30. The summed E-state index contributed by atoms with van der Waals surface area (Å²) in [7, 11) is 0. The summed E-state index contributed by atoms with van der Waals surface area (Å²) in [5.74, 6) is -1.20. The van der Waals surface area contributed by atoms with Crippen LogP contribution in [0.25, 0.3) is 5.70 Å². The van der Waals surface area contributed by atoms with Crippen molar-refractivity contribution in [1.82, 2.24) is 10.6 Å². The average molecular weight is 412 g/mol. The number of nitrogens with one attached hydrogen (secondary N) is 2. The van der Waals surface area contributed by atoms with Crippen LogP contribution in [0.4, 0.5) is 5.69 Å². The van der Waals surface area contributed by atoms with E-state index in [-0.39, 0.29) is 23.3 Å². The van der Waals surface area contributed by atoms with Gasteiger partial charge in [0, 0.05) is 17.4 Å². The first kappa shape index (κ1) is 20.3. The fourth-order valence-electron chi connectivity index (χ4n) is 3.20. The number of ether oxygens (including phenoxy) is 1. The third-order valence-corrected chi connectivity index (χ3v) is 4.62. The summed E-state index contributed by atoms with van der Waals surface area (Å²) in [4.78, 5) is 23.2. The number of nitro benzene ring substituents is 1. The molecule has 2 N–H and O–H groups in total. The van der Waals surface area contributed by atoms with Crippen molar-refractivity contribution in [2.24, 2.45) is 0 Å². The molecule has 3 rings (SSSR count). The van der Waals surface area contributed by atoms with E-state index in [4.69, 9.17) is 17.0 Å². The molecule has 0 radical (unpaired) electrons. The van der Waals surface area contributed by atoms with Crippen LogP contribution in [0.3, 0.4) is 0 Å². The lowest BCUT2D eigenvalue weighted by Gasteiger charge is -2.31. The molecule has 0 saturated carbocycles. The van der Waals surface area contributed by atoms with Crippen molar-refractivity contribution in [2.45, 2.75) is 19.9 Å². The Morgan fingerprint density at radius 3 is 2.55 bits per heavy atom. The van der Waals surface area contributed by atoms with Crippen LogP contribution in [0.5, 0.6) is 11.5 Å². The molecule has 1 heterocycles. The molecule has 0 bridgehead atoms. The molecular formula is C20H18N3O5S-. The molecule has 9 heteroatoms. The van der Waals surface area contributed by atoms with E-state index in [1.807, 2.05) is 30.3 Å². The van der Waals surface area contributed by atoms with E-state index < -0.39 is 22.4 Å². The van der Waals surface area contributed by atoms with E-state index in [0.717, 1.165) is 11.6 Å². The zero-order chi connectivity index (χ0) is 21.1. The average Bonchev–Trinajstić information content (AvgIpc) is 2.69. The molecule has 0 spiro atoms. The summed E-state index contributed by atoms with van der Waals surface area (Å²) in [6.45, 7) is 3.24. The highest BCUT2D eigenvalue weighted by Gasteiger charge is 2.31. The molecule has 1 aliphatic heterocycles. The maximum atomic E-state index is 12.6. The van der Waals surface area contributed by atoms with Gasteiger partial charge in [-0.3, -0.25) is 14.9 Å². The van der Waals surface area contributed by atoms with Crippen LogP contribution in [0.1, 0.15) is 31.0 Å². The molecule has 1 aliphatic rings. The molecule has 8 nitrogen and oxygen atoms in total. The maximum absolute atomic E-state index is 12.6. The molecule has 0 aromatic heterocycles. The summed E-state index contributed by atoms with van der Waals surface area (Å²) in [5.41, 5.74) is 1.31. The van der Waals surface area contributed by atoms with Gasteiger partial charge in [0.1, 0.15) is 5.75 Å². The van der Waals surface area contributed by atoms with E-state index in [1.54, 1.807) is 6.92 Å². The van der Waals surface area contributed by atoms with Crippen LogP contribution in [0.15, 0.2) is 48.0 Å². The number of hydrogen-bond acceptors (Lipinski definition) is 6. The summed E-state index contributed by atoms with van der Waals surface area (Å²) in [5, 5.41) is 29.9. The van der Waals surface area contributed by atoms with Crippen molar-refractivity contribution in [1.29, 1.82) is 0 Å². The lowest BCUT2D eigenvalue weighted by atomic mass is 9.90. The van der Waals surface area contributed by atoms with Crippen LogP contribution in [-0.2, 0) is 4.79 Å². The molecule has 0 saturated heterocycles. The van der Waals surface area contributed by atoms with Gasteiger partial charge < -0.3 is 20.5 Å². The topological polar surface area (TPSA) is 117 Å². The van der Waals surface area contributed by atoms with Gasteiger partial charge in [0.25, 0.3) is 5.69 Å². The minimum absolute atomic E-state index is 0.146. The van der Waals surface area contributed by atoms with E-state index in [9.17, 15) is 20.0 Å². The Balaban J connectivity index is 2.24. The van der Waals surface area contributed by atoms with Crippen molar-refractivity contribution >= 4 is 34.5 Å². The predicted octanol–water partition coefficient (Wildman–Crippen LogP) is 2.59. The van der Waals surface area contributed by atoms with Gasteiger partial charge in [0.15, 0.2) is 10.9 Å². The lowest BCUT2D eigenvalue weighted by molar-refractivity contribution is -0.398. The molecule has 0 fully saturated rings. The van der Waals surface area contributed by atoms with E-state index in [0.29, 0.717) is 16.8 Å². The van der Waals surface area contributed by atoms with Gasteiger partial charge in [-0.15, -0.1) is 0 Å². The van der Waals surface area contributed by atoms with Gasteiger partial charge in [-0.2, -0.15) is 0 Å². The van der Waals surface area contributed by atoms with Crippen LogP contribution < -0.4 is 20.5 Å². The number of thiocarbonyl (C=S) groups is 1. The molecule has 0 unspecified atom stereocenters. The van der Waals surface area contributed by atoms with Crippen molar-refractivity contribution in [2.75, 3.05) is 6.61 Å². The molecule has 0 aliphatic carbocycles. The van der Waals surface area contributed by atoms with Crippen LogP contribution in [-0.4, -0.2) is 22.4 Å². The molecule has 1 atom stereocenters. The molecule has 0 amide bonds. The SMILES string of the molecule is CCOc1cc([C@H]2NC(=S)NC(c3ccccc3)=C2C(C)=O)cc([N+](=O)[O-])c1[O-]. The van der Waals surface area contributed by atoms with Crippen LogP contribution in [0.2, 0.25) is 0 Å². The summed E-state index contributed by atoms with van der Waals surface area (Å²) in [6.07, 6.45) is 0. The van der Waals surface area contributed by atoms with Crippen molar-refractivity contribution in [3.63, 3.8) is 0 Å². The number of benzene rings is 2. The second-order valence-electron chi connectivity index (χ2n) is 6.30. The second kappa shape index (κ2) is 8.27. The summed E-state index contributed by atoms with van der Waals surface area (Å²) >= 11 is 5.30. The van der Waals surface area contributed by atoms with Crippen molar-refractivity contribution in [3.8, 4) is 11.5 Å². The Morgan fingerprint density at radius 2 is 1.97 bits per heavy atom. The quantitative estimate of drug-likeness (QED) is 0.422. The number of nitro groups is 1. The predicted molar refractivity (Wildman–Crippen MR) is 109 cm³/mol. The molecule has 29 heavy (non-hydrogen) atoms. The Hall–Kier alpha value is -3.46. The van der Waals surface area contributed by atoms with Crippen LogP contribution >= 0.6 is 12.2 Å².